The Morgan fingerprint density at radius 2 is 2.40 bits per heavy atom. The van der Waals surface area contributed by atoms with E-state index < -0.39 is 0 Å². The number of rotatable bonds is 3. The number of nitrogens with one attached hydrogen (secondary N) is 1. The normalized spacial score (nSPS) is 11.5. The number of hydrogen-bond donors (Lipinski definition) is 2. The largest absolute Gasteiger partial charge is 0.424 e. The molecular weight excluding hydrogens is 190 g/mol. The molecule has 0 bridgehead atoms. The maximum Gasteiger partial charge on any atom is 0.292 e. The standard InChI is InChI=1S/C11H13N3O/c1-13-6-2-3-8-4-5-10-9(7-8)14-11(12)15-10/h2-5,7,13H,6H2,1H3,(H2,12,14). The monoisotopic (exact) mass is 203 g/mol. The Hall–Kier alpha value is -1.81. The fourth-order valence-electron chi connectivity index (χ4n) is 1.38. The highest BCUT2D eigenvalue weighted by molar-refractivity contribution is 5.77. The lowest BCUT2D eigenvalue weighted by atomic mass is 10.2. The number of nitrogens with two attached hydrogens (primary N) is 1. The van der Waals surface area contributed by atoms with Gasteiger partial charge in [-0.1, -0.05) is 18.2 Å². The van der Waals surface area contributed by atoms with E-state index in [4.69, 9.17) is 10.2 Å². The quantitative estimate of drug-likeness (QED) is 0.796. The van der Waals surface area contributed by atoms with Crippen LogP contribution in [0.15, 0.2) is 28.7 Å². The highest BCUT2D eigenvalue weighted by atomic mass is 16.4. The van der Waals surface area contributed by atoms with Crippen molar-refractivity contribution in [3.8, 4) is 0 Å². The molecule has 4 heteroatoms. The van der Waals surface area contributed by atoms with E-state index in [0.717, 1.165) is 23.2 Å². The van der Waals surface area contributed by atoms with Crippen molar-refractivity contribution in [2.45, 2.75) is 0 Å². The number of nitrogen functional groups attached to an aromatic ring is 1. The van der Waals surface area contributed by atoms with Crippen LogP contribution in [0, 0.1) is 0 Å². The van der Waals surface area contributed by atoms with E-state index in [2.05, 4.69) is 10.3 Å². The zero-order valence-corrected chi connectivity index (χ0v) is 8.53. The fourth-order valence-corrected chi connectivity index (χ4v) is 1.38. The molecule has 0 unspecified atom stereocenters. The molecule has 0 aliphatic rings. The second-order valence-corrected chi connectivity index (χ2v) is 3.24. The van der Waals surface area contributed by atoms with Crippen molar-refractivity contribution in [1.29, 1.82) is 0 Å². The zero-order chi connectivity index (χ0) is 10.7. The van der Waals surface area contributed by atoms with Gasteiger partial charge in [-0.3, -0.25) is 0 Å². The number of hydrogen-bond acceptors (Lipinski definition) is 4. The summed E-state index contributed by atoms with van der Waals surface area (Å²) in [6.07, 6.45) is 4.07. The molecule has 2 rings (SSSR count). The molecule has 0 atom stereocenters. The Balaban J connectivity index is 2.30. The van der Waals surface area contributed by atoms with Gasteiger partial charge in [-0.25, -0.2) is 0 Å². The first-order chi connectivity index (χ1) is 7.29. The van der Waals surface area contributed by atoms with Crippen LogP contribution in [-0.2, 0) is 0 Å². The third-order valence-corrected chi connectivity index (χ3v) is 2.06. The number of nitrogens with zero attached hydrogens (tertiary/aromatic N) is 1. The minimum atomic E-state index is 0.210. The van der Waals surface area contributed by atoms with Crippen molar-refractivity contribution in [2.75, 3.05) is 19.3 Å². The van der Waals surface area contributed by atoms with E-state index in [1.54, 1.807) is 0 Å². The minimum Gasteiger partial charge on any atom is -0.424 e. The number of likely N-dealkylation sites (N-methyl/N-ethyl adjacent to an activating group) is 1. The molecule has 78 valence electrons. The summed E-state index contributed by atoms with van der Waals surface area (Å²) in [7, 11) is 1.91. The molecule has 0 radical (unpaired) electrons. The van der Waals surface area contributed by atoms with Gasteiger partial charge in [-0.2, -0.15) is 4.98 Å². The predicted molar refractivity (Wildman–Crippen MR) is 61.4 cm³/mol. The van der Waals surface area contributed by atoms with Crippen LogP contribution < -0.4 is 11.1 Å². The molecule has 2 aromatic rings. The zero-order valence-electron chi connectivity index (χ0n) is 8.53. The van der Waals surface area contributed by atoms with Crippen molar-refractivity contribution < 1.29 is 4.42 Å². The summed E-state index contributed by atoms with van der Waals surface area (Å²) < 4.78 is 5.18. The molecule has 4 nitrogen and oxygen atoms in total. The summed E-state index contributed by atoms with van der Waals surface area (Å²) in [5.41, 5.74) is 8.06. The van der Waals surface area contributed by atoms with E-state index in [9.17, 15) is 0 Å². The van der Waals surface area contributed by atoms with Crippen molar-refractivity contribution in [3.05, 3.63) is 29.8 Å². The molecular formula is C11H13N3O. The van der Waals surface area contributed by atoms with Crippen molar-refractivity contribution in [2.24, 2.45) is 0 Å². The van der Waals surface area contributed by atoms with Gasteiger partial charge in [0.05, 0.1) is 0 Å². The Labute approximate surface area is 87.8 Å². The fraction of sp³-hybridized carbons (Fsp3) is 0.182. The first-order valence-corrected chi connectivity index (χ1v) is 4.77. The van der Waals surface area contributed by atoms with Crippen LogP contribution in [0.2, 0.25) is 0 Å². The Bertz CT molecular complexity index is 488. The topological polar surface area (TPSA) is 64.1 Å². The van der Waals surface area contributed by atoms with Gasteiger partial charge < -0.3 is 15.5 Å². The van der Waals surface area contributed by atoms with Crippen molar-refractivity contribution in [1.82, 2.24) is 10.3 Å². The van der Waals surface area contributed by atoms with Gasteiger partial charge in [0.25, 0.3) is 6.01 Å². The van der Waals surface area contributed by atoms with Gasteiger partial charge >= 0.3 is 0 Å². The number of oxazole rings is 1. The lowest BCUT2D eigenvalue weighted by molar-refractivity contribution is 0.626. The molecule has 3 N–H and O–H groups in total. The summed E-state index contributed by atoms with van der Waals surface area (Å²) in [5.74, 6) is 0. The van der Waals surface area contributed by atoms with Crippen LogP contribution in [0.5, 0.6) is 0 Å². The van der Waals surface area contributed by atoms with Crippen molar-refractivity contribution in [3.63, 3.8) is 0 Å². The average molecular weight is 203 g/mol. The van der Waals surface area contributed by atoms with Gasteiger partial charge in [0.2, 0.25) is 0 Å². The highest BCUT2D eigenvalue weighted by Crippen LogP contribution is 2.18. The third-order valence-electron chi connectivity index (χ3n) is 2.06. The van der Waals surface area contributed by atoms with Crippen LogP contribution >= 0.6 is 0 Å². The molecule has 15 heavy (non-hydrogen) atoms. The van der Waals surface area contributed by atoms with Gasteiger partial charge in [0.15, 0.2) is 5.58 Å². The summed E-state index contributed by atoms with van der Waals surface area (Å²) in [4.78, 5) is 4.06. The number of fused-ring (bicyclic) bond motifs is 1. The Morgan fingerprint density at radius 1 is 1.53 bits per heavy atom. The van der Waals surface area contributed by atoms with Crippen LogP contribution in [0.4, 0.5) is 6.01 Å². The third kappa shape index (κ3) is 2.16. The van der Waals surface area contributed by atoms with Gasteiger partial charge in [0.1, 0.15) is 5.52 Å². The van der Waals surface area contributed by atoms with Crippen LogP contribution in [-0.4, -0.2) is 18.6 Å². The summed E-state index contributed by atoms with van der Waals surface area (Å²) in [5, 5.41) is 3.04. The Kier molecular flexibility index (Phi) is 2.69. The summed E-state index contributed by atoms with van der Waals surface area (Å²) in [6, 6.07) is 6.00. The number of benzene rings is 1. The van der Waals surface area contributed by atoms with E-state index in [1.807, 2.05) is 37.4 Å². The number of anilines is 1. The first-order valence-electron chi connectivity index (χ1n) is 4.77. The molecule has 0 aliphatic carbocycles. The van der Waals surface area contributed by atoms with Crippen LogP contribution in [0.1, 0.15) is 5.56 Å². The van der Waals surface area contributed by atoms with Crippen LogP contribution in [0.3, 0.4) is 0 Å². The average Bonchev–Trinajstić information content (AvgIpc) is 2.57. The minimum absolute atomic E-state index is 0.210. The smallest absolute Gasteiger partial charge is 0.292 e. The van der Waals surface area contributed by atoms with E-state index in [-0.39, 0.29) is 6.01 Å². The SMILES string of the molecule is CNCC=Cc1ccc2oc(N)nc2c1. The highest BCUT2D eigenvalue weighted by Gasteiger charge is 2.01. The van der Waals surface area contributed by atoms with E-state index in [1.165, 1.54) is 0 Å². The molecule has 0 saturated heterocycles. The second kappa shape index (κ2) is 4.14. The molecule has 1 aromatic carbocycles. The Morgan fingerprint density at radius 3 is 3.20 bits per heavy atom. The lowest BCUT2D eigenvalue weighted by Gasteiger charge is -1.92. The maximum atomic E-state index is 5.46. The van der Waals surface area contributed by atoms with Gasteiger partial charge in [-0.15, -0.1) is 0 Å². The van der Waals surface area contributed by atoms with E-state index >= 15 is 0 Å². The molecule has 1 heterocycles. The summed E-state index contributed by atoms with van der Waals surface area (Å²) in [6.45, 7) is 0.846. The first kappa shape index (κ1) is 9.73. The second-order valence-electron chi connectivity index (χ2n) is 3.24. The maximum absolute atomic E-state index is 5.46. The van der Waals surface area contributed by atoms with Crippen molar-refractivity contribution >= 4 is 23.2 Å². The molecule has 0 saturated carbocycles. The molecule has 0 spiro atoms. The van der Waals surface area contributed by atoms with Gasteiger partial charge in [0, 0.05) is 6.54 Å². The number of aromatic nitrogens is 1. The van der Waals surface area contributed by atoms with Gasteiger partial charge in [-0.05, 0) is 24.7 Å². The van der Waals surface area contributed by atoms with Crippen LogP contribution in [0.25, 0.3) is 17.2 Å². The predicted octanol–water partition coefficient (Wildman–Crippen LogP) is 1.64. The summed E-state index contributed by atoms with van der Waals surface area (Å²) >= 11 is 0. The molecule has 0 amide bonds. The molecule has 0 fully saturated rings. The lowest BCUT2D eigenvalue weighted by Crippen LogP contribution is -2.03. The molecule has 1 aromatic heterocycles. The van der Waals surface area contributed by atoms with E-state index in [0.29, 0.717) is 0 Å². The molecule has 0 aliphatic heterocycles.